The molecule has 0 fully saturated rings. The summed E-state index contributed by atoms with van der Waals surface area (Å²) in [7, 11) is 0. The molecule has 0 aliphatic rings. The molecule has 100 valence electrons. The lowest BCUT2D eigenvalue weighted by Gasteiger charge is -2.13. The van der Waals surface area contributed by atoms with Crippen molar-refractivity contribution in [3.05, 3.63) is 28.8 Å². The molecule has 0 aromatic heterocycles. The van der Waals surface area contributed by atoms with Gasteiger partial charge in [0.1, 0.15) is 5.75 Å². The maximum atomic E-state index is 11.2. The van der Waals surface area contributed by atoms with Gasteiger partial charge in [-0.25, -0.2) is 0 Å². The highest BCUT2D eigenvalue weighted by atomic mass is 16.5. The fourth-order valence-electron chi connectivity index (χ4n) is 1.84. The first-order chi connectivity index (χ1) is 8.45. The van der Waals surface area contributed by atoms with Gasteiger partial charge in [-0.05, 0) is 56.0 Å². The van der Waals surface area contributed by atoms with Crippen molar-refractivity contribution >= 4 is 5.97 Å². The molecule has 0 radical (unpaired) electrons. The van der Waals surface area contributed by atoms with Crippen LogP contribution in [0.5, 0.6) is 5.75 Å². The number of benzene rings is 1. The molecule has 18 heavy (non-hydrogen) atoms. The normalized spacial score (nSPS) is 12.2. The van der Waals surface area contributed by atoms with Crippen LogP contribution in [-0.4, -0.2) is 22.8 Å². The van der Waals surface area contributed by atoms with Crippen LogP contribution in [0.15, 0.2) is 12.1 Å². The minimum Gasteiger partial charge on any atom is -0.507 e. The van der Waals surface area contributed by atoms with Crippen LogP contribution >= 0.6 is 0 Å². The molecule has 0 aliphatic carbocycles. The number of carbonyl (C=O) groups is 1. The fourth-order valence-corrected chi connectivity index (χ4v) is 1.84. The van der Waals surface area contributed by atoms with Gasteiger partial charge in [0.25, 0.3) is 0 Å². The molecule has 1 rings (SSSR count). The predicted octanol–water partition coefficient (Wildman–Crippen LogP) is 2.39. The Labute approximate surface area is 107 Å². The summed E-state index contributed by atoms with van der Waals surface area (Å²) < 4.78 is 4.80. The summed E-state index contributed by atoms with van der Waals surface area (Å²) in [5.74, 6) is -0.0554. The van der Waals surface area contributed by atoms with E-state index in [0.717, 1.165) is 11.1 Å². The second kappa shape index (κ2) is 6.40. The van der Waals surface area contributed by atoms with Gasteiger partial charge in [-0.2, -0.15) is 0 Å². The van der Waals surface area contributed by atoms with Crippen molar-refractivity contribution in [1.82, 2.24) is 0 Å². The van der Waals surface area contributed by atoms with Gasteiger partial charge in [-0.15, -0.1) is 0 Å². The van der Waals surface area contributed by atoms with Crippen LogP contribution in [0.25, 0.3) is 0 Å². The van der Waals surface area contributed by atoms with E-state index in [9.17, 15) is 15.0 Å². The first-order valence-electron chi connectivity index (χ1n) is 6.09. The zero-order valence-electron chi connectivity index (χ0n) is 11.1. The Morgan fingerprint density at radius 1 is 1.33 bits per heavy atom. The Morgan fingerprint density at radius 2 is 1.89 bits per heavy atom. The molecule has 0 aliphatic heterocycles. The maximum Gasteiger partial charge on any atom is 0.305 e. The van der Waals surface area contributed by atoms with E-state index < -0.39 is 6.10 Å². The van der Waals surface area contributed by atoms with E-state index in [-0.39, 0.29) is 18.1 Å². The molecule has 4 nitrogen and oxygen atoms in total. The third-order valence-electron chi connectivity index (χ3n) is 2.83. The number of ether oxygens (including phenoxy) is 1. The summed E-state index contributed by atoms with van der Waals surface area (Å²) >= 11 is 0. The van der Waals surface area contributed by atoms with Gasteiger partial charge in [-0.3, -0.25) is 4.79 Å². The van der Waals surface area contributed by atoms with Gasteiger partial charge in [-0.1, -0.05) is 0 Å². The van der Waals surface area contributed by atoms with Gasteiger partial charge in [0.2, 0.25) is 0 Å². The molecule has 1 atom stereocenters. The van der Waals surface area contributed by atoms with E-state index >= 15 is 0 Å². The molecule has 0 amide bonds. The molecule has 0 saturated carbocycles. The molecule has 1 unspecified atom stereocenters. The summed E-state index contributed by atoms with van der Waals surface area (Å²) in [5.41, 5.74) is 2.16. The highest BCUT2D eigenvalue weighted by Gasteiger charge is 2.13. The number of aliphatic hydroxyl groups excluding tert-OH is 1. The lowest BCUT2D eigenvalue weighted by molar-refractivity contribution is -0.143. The van der Waals surface area contributed by atoms with E-state index in [2.05, 4.69) is 0 Å². The van der Waals surface area contributed by atoms with Crippen molar-refractivity contribution in [2.45, 2.75) is 39.7 Å². The van der Waals surface area contributed by atoms with Crippen LogP contribution in [0.1, 0.15) is 42.6 Å². The maximum absolute atomic E-state index is 11.2. The van der Waals surface area contributed by atoms with Crippen molar-refractivity contribution in [3.8, 4) is 5.75 Å². The van der Waals surface area contributed by atoms with Crippen LogP contribution in [-0.2, 0) is 9.53 Å². The summed E-state index contributed by atoms with van der Waals surface area (Å²) in [6.45, 7) is 5.67. The van der Waals surface area contributed by atoms with Crippen LogP contribution in [0, 0.1) is 13.8 Å². The zero-order chi connectivity index (χ0) is 13.7. The molecule has 1 aromatic carbocycles. The molecule has 1 aromatic rings. The second-order valence-electron chi connectivity index (χ2n) is 4.36. The van der Waals surface area contributed by atoms with Crippen molar-refractivity contribution in [2.24, 2.45) is 0 Å². The smallest absolute Gasteiger partial charge is 0.305 e. The molecule has 0 heterocycles. The topological polar surface area (TPSA) is 66.8 Å². The monoisotopic (exact) mass is 252 g/mol. The first kappa shape index (κ1) is 14.5. The number of esters is 1. The number of phenols is 1. The number of phenolic OH excluding ortho intramolecular Hbond substituents is 1. The Kier molecular flexibility index (Phi) is 5.16. The van der Waals surface area contributed by atoms with Crippen LogP contribution < -0.4 is 0 Å². The zero-order valence-corrected chi connectivity index (χ0v) is 11.1. The number of aromatic hydroxyl groups is 1. The van der Waals surface area contributed by atoms with Crippen LogP contribution in [0.3, 0.4) is 0 Å². The van der Waals surface area contributed by atoms with Gasteiger partial charge in [0, 0.05) is 6.42 Å². The molecule has 0 spiro atoms. The average molecular weight is 252 g/mol. The van der Waals surface area contributed by atoms with Gasteiger partial charge >= 0.3 is 5.97 Å². The van der Waals surface area contributed by atoms with Crippen molar-refractivity contribution < 1.29 is 19.7 Å². The first-order valence-corrected chi connectivity index (χ1v) is 6.09. The molecular formula is C14H20O4. The Bertz CT molecular complexity index is 403. The van der Waals surface area contributed by atoms with E-state index in [1.54, 1.807) is 32.9 Å². The fraction of sp³-hybridized carbons (Fsp3) is 0.500. The summed E-state index contributed by atoms with van der Waals surface area (Å²) in [5, 5.41) is 19.6. The Hall–Kier alpha value is -1.55. The van der Waals surface area contributed by atoms with Gasteiger partial charge in [0.05, 0.1) is 12.7 Å². The average Bonchev–Trinajstić information content (AvgIpc) is 2.32. The number of aryl methyl sites for hydroxylation is 2. The molecule has 2 N–H and O–H groups in total. The van der Waals surface area contributed by atoms with Gasteiger partial charge in [0.15, 0.2) is 0 Å². The summed E-state index contributed by atoms with van der Waals surface area (Å²) in [6, 6.07) is 3.47. The molecule has 4 heteroatoms. The largest absolute Gasteiger partial charge is 0.507 e. The Morgan fingerprint density at radius 3 is 2.39 bits per heavy atom. The van der Waals surface area contributed by atoms with E-state index in [4.69, 9.17) is 4.74 Å². The van der Waals surface area contributed by atoms with Crippen molar-refractivity contribution in [2.75, 3.05) is 6.61 Å². The summed E-state index contributed by atoms with van der Waals surface area (Å²) in [4.78, 5) is 11.2. The lowest BCUT2D eigenvalue weighted by Crippen LogP contribution is -2.07. The number of hydrogen-bond donors (Lipinski definition) is 2. The third kappa shape index (κ3) is 3.74. The minimum atomic E-state index is -0.715. The number of carbonyl (C=O) groups excluding carboxylic acids is 1. The highest BCUT2D eigenvalue weighted by molar-refractivity contribution is 5.69. The van der Waals surface area contributed by atoms with Crippen molar-refractivity contribution in [3.63, 3.8) is 0 Å². The standard InChI is InChI=1S/C14H20O4/c1-4-18-13(16)6-5-12(15)11-7-9(2)14(17)10(3)8-11/h7-8,12,15,17H,4-6H2,1-3H3. The Balaban J connectivity index is 2.67. The van der Waals surface area contributed by atoms with Crippen LogP contribution in [0.2, 0.25) is 0 Å². The predicted molar refractivity (Wildman–Crippen MR) is 68.4 cm³/mol. The highest BCUT2D eigenvalue weighted by Crippen LogP contribution is 2.27. The minimum absolute atomic E-state index is 0.188. The number of hydrogen-bond acceptors (Lipinski definition) is 4. The molecule has 0 bridgehead atoms. The number of rotatable bonds is 5. The lowest BCUT2D eigenvalue weighted by atomic mass is 9.99. The summed E-state index contributed by atoms with van der Waals surface area (Å²) in [6.07, 6.45) is -0.205. The quantitative estimate of drug-likeness (QED) is 0.790. The van der Waals surface area contributed by atoms with Gasteiger partial charge < -0.3 is 14.9 Å². The van der Waals surface area contributed by atoms with E-state index in [0.29, 0.717) is 18.6 Å². The SMILES string of the molecule is CCOC(=O)CCC(O)c1cc(C)c(O)c(C)c1. The van der Waals surface area contributed by atoms with E-state index in [1.165, 1.54) is 0 Å². The van der Waals surface area contributed by atoms with Crippen LogP contribution in [0.4, 0.5) is 0 Å². The van der Waals surface area contributed by atoms with Crippen molar-refractivity contribution in [1.29, 1.82) is 0 Å². The molecular weight excluding hydrogens is 232 g/mol. The number of aliphatic hydroxyl groups is 1. The third-order valence-corrected chi connectivity index (χ3v) is 2.83. The van der Waals surface area contributed by atoms with E-state index in [1.807, 2.05) is 0 Å². The molecule has 0 saturated heterocycles. The second-order valence-corrected chi connectivity index (χ2v) is 4.36.